The van der Waals surface area contributed by atoms with Crippen LogP contribution in [0.15, 0.2) is 53.1 Å². The Bertz CT molecular complexity index is 987. The first-order chi connectivity index (χ1) is 15.2. The number of imidazole rings is 1. The lowest BCUT2D eigenvalue weighted by atomic mass is 9.95. The number of halogens is 1. The number of aromatic nitrogens is 2. The van der Waals surface area contributed by atoms with E-state index >= 15 is 0 Å². The molecule has 3 aromatic rings. The van der Waals surface area contributed by atoms with Gasteiger partial charge in [0.05, 0.1) is 5.69 Å². The van der Waals surface area contributed by atoms with Crippen LogP contribution >= 0.6 is 15.9 Å². The van der Waals surface area contributed by atoms with Gasteiger partial charge in [-0.05, 0) is 71.8 Å². The van der Waals surface area contributed by atoms with Crippen molar-refractivity contribution in [2.75, 3.05) is 6.54 Å². The second kappa shape index (κ2) is 10.1. The maximum absolute atomic E-state index is 5.09. The number of hydrogen-bond acceptors (Lipinski definition) is 2. The van der Waals surface area contributed by atoms with Gasteiger partial charge in [0.2, 0.25) is 0 Å². The summed E-state index contributed by atoms with van der Waals surface area (Å²) in [5, 5.41) is 0. The first kappa shape index (κ1) is 22.3. The summed E-state index contributed by atoms with van der Waals surface area (Å²) in [4.78, 5) is 7.74. The van der Waals surface area contributed by atoms with Gasteiger partial charge in [-0.25, -0.2) is 4.98 Å². The molecule has 0 amide bonds. The van der Waals surface area contributed by atoms with Gasteiger partial charge in [-0.1, -0.05) is 68.8 Å². The van der Waals surface area contributed by atoms with Crippen LogP contribution in [0.25, 0.3) is 11.4 Å². The number of benzene rings is 2. The summed E-state index contributed by atoms with van der Waals surface area (Å²) < 4.78 is 3.43. The topological polar surface area (TPSA) is 21.1 Å². The van der Waals surface area contributed by atoms with E-state index in [1.165, 1.54) is 47.2 Å². The second-order valence-electron chi connectivity index (χ2n) is 8.47. The van der Waals surface area contributed by atoms with E-state index in [1.54, 1.807) is 0 Å². The molecule has 0 aliphatic carbocycles. The van der Waals surface area contributed by atoms with E-state index in [0.29, 0.717) is 6.04 Å². The Labute approximate surface area is 195 Å². The highest BCUT2D eigenvalue weighted by Gasteiger charge is 2.27. The molecule has 0 saturated carbocycles. The maximum Gasteiger partial charge on any atom is 0.142 e. The molecule has 1 aliphatic heterocycles. The Balaban J connectivity index is 1.73. The molecule has 1 aromatic heterocycles. The molecule has 2 aromatic carbocycles. The lowest BCUT2D eigenvalue weighted by Crippen LogP contribution is -2.33. The number of rotatable bonds is 7. The number of likely N-dealkylation sites (tertiary alicyclic amines) is 1. The van der Waals surface area contributed by atoms with Crippen LogP contribution in [0.1, 0.15) is 68.5 Å². The van der Waals surface area contributed by atoms with Crippen LogP contribution in [0.3, 0.4) is 0 Å². The summed E-state index contributed by atoms with van der Waals surface area (Å²) >= 11 is 3.84. The van der Waals surface area contributed by atoms with Gasteiger partial charge < -0.3 is 4.57 Å². The van der Waals surface area contributed by atoms with Gasteiger partial charge in [-0.3, -0.25) is 4.90 Å². The normalized spacial score (nSPS) is 17.2. The Morgan fingerprint density at radius 2 is 1.65 bits per heavy atom. The fourth-order valence-electron chi connectivity index (χ4n) is 5.09. The van der Waals surface area contributed by atoms with Gasteiger partial charge in [-0.2, -0.15) is 0 Å². The third-order valence-electron chi connectivity index (χ3n) is 6.71. The van der Waals surface area contributed by atoms with Crippen molar-refractivity contribution in [3.63, 3.8) is 0 Å². The molecule has 4 rings (SSSR count). The molecule has 1 atom stereocenters. The van der Waals surface area contributed by atoms with E-state index in [9.17, 15) is 0 Å². The van der Waals surface area contributed by atoms with Crippen molar-refractivity contribution in [2.45, 2.75) is 72.0 Å². The van der Waals surface area contributed by atoms with E-state index < -0.39 is 0 Å². The van der Waals surface area contributed by atoms with Crippen LogP contribution in [0.4, 0.5) is 0 Å². The van der Waals surface area contributed by atoms with Crippen molar-refractivity contribution in [3.05, 3.63) is 75.5 Å². The summed E-state index contributed by atoms with van der Waals surface area (Å²) in [5.74, 6) is 1.12. The molecule has 1 aliphatic rings. The van der Waals surface area contributed by atoms with E-state index in [0.717, 1.165) is 42.9 Å². The summed E-state index contributed by atoms with van der Waals surface area (Å²) in [7, 11) is 0. The van der Waals surface area contributed by atoms with Crippen LogP contribution < -0.4 is 0 Å². The quantitative estimate of drug-likeness (QED) is 0.357. The minimum absolute atomic E-state index is 0.486. The number of nitrogens with zero attached hydrogens (tertiary/aromatic N) is 3. The van der Waals surface area contributed by atoms with Crippen LogP contribution in [0, 0.1) is 0 Å². The second-order valence-corrected chi connectivity index (χ2v) is 9.22. The third kappa shape index (κ3) is 4.51. The van der Waals surface area contributed by atoms with Crippen molar-refractivity contribution >= 4 is 15.9 Å². The molecule has 0 radical (unpaired) electrons. The minimum Gasteiger partial charge on any atom is -0.326 e. The van der Waals surface area contributed by atoms with Crippen molar-refractivity contribution in [1.29, 1.82) is 0 Å². The van der Waals surface area contributed by atoms with Gasteiger partial charge in [-0.15, -0.1) is 0 Å². The molecule has 0 N–H and O–H groups in total. The van der Waals surface area contributed by atoms with E-state index in [-0.39, 0.29) is 0 Å². The fraction of sp³-hybridized carbons (Fsp3) is 0.444. The Kier molecular flexibility index (Phi) is 7.29. The zero-order valence-electron chi connectivity index (χ0n) is 19.1. The highest BCUT2D eigenvalue weighted by atomic mass is 79.9. The summed E-state index contributed by atoms with van der Waals surface area (Å²) in [6.07, 6.45) is 5.85. The molecule has 2 heterocycles. The average molecular weight is 480 g/mol. The molecule has 1 unspecified atom stereocenters. The smallest absolute Gasteiger partial charge is 0.142 e. The van der Waals surface area contributed by atoms with Gasteiger partial charge in [0, 0.05) is 24.7 Å². The van der Waals surface area contributed by atoms with Crippen molar-refractivity contribution < 1.29 is 0 Å². The van der Waals surface area contributed by atoms with E-state index in [1.807, 2.05) is 0 Å². The lowest BCUT2D eigenvalue weighted by molar-refractivity contribution is 0.137. The number of hydrogen-bond donors (Lipinski definition) is 0. The molecule has 1 fully saturated rings. The van der Waals surface area contributed by atoms with Crippen LogP contribution in [-0.2, 0) is 25.9 Å². The predicted octanol–water partition coefficient (Wildman–Crippen LogP) is 7.18. The highest BCUT2D eigenvalue weighted by molar-refractivity contribution is 9.10. The molecular formula is C27H34BrN3. The average Bonchev–Trinajstić information content (AvgIpc) is 3.13. The van der Waals surface area contributed by atoms with Crippen molar-refractivity contribution in [3.8, 4) is 11.4 Å². The zero-order chi connectivity index (χ0) is 21.8. The SMILES string of the molecule is CCc1cccc(CC)c1-c1nc(Br)c(CN2CCCCC2c2ccccc2)n1CC. The molecular weight excluding hydrogens is 446 g/mol. The maximum atomic E-state index is 5.09. The summed E-state index contributed by atoms with van der Waals surface area (Å²) in [6, 6.07) is 18.2. The summed E-state index contributed by atoms with van der Waals surface area (Å²) in [6.45, 7) is 9.72. The van der Waals surface area contributed by atoms with Gasteiger partial charge in [0.1, 0.15) is 10.4 Å². The molecule has 4 heteroatoms. The van der Waals surface area contributed by atoms with Gasteiger partial charge >= 0.3 is 0 Å². The van der Waals surface area contributed by atoms with E-state index in [2.05, 4.69) is 94.7 Å². The Hall–Kier alpha value is -1.91. The zero-order valence-corrected chi connectivity index (χ0v) is 20.7. The number of aryl methyl sites for hydroxylation is 2. The summed E-state index contributed by atoms with van der Waals surface area (Å²) in [5.41, 5.74) is 6.84. The Morgan fingerprint density at radius 3 is 2.29 bits per heavy atom. The standard InChI is InChI=1S/C27H34BrN3/c1-4-20-15-12-16-21(5-2)25(20)27-29-26(28)24(31(27)6-3)19-30-18-11-10-17-23(30)22-13-8-7-9-14-22/h7-9,12-16,23H,4-6,10-11,17-19H2,1-3H3. The molecule has 31 heavy (non-hydrogen) atoms. The van der Waals surface area contributed by atoms with Crippen LogP contribution in [0.2, 0.25) is 0 Å². The lowest BCUT2D eigenvalue weighted by Gasteiger charge is -2.36. The molecule has 0 spiro atoms. The molecule has 1 saturated heterocycles. The molecule has 3 nitrogen and oxygen atoms in total. The predicted molar refractivity (Wildman–Crippen MR) is 133 cm³/mol. The molecule has 164 valence electrons. The van der Waals surface area contributed by atoms with Crippen LogP contribution in [-0.4, -0.2) is 21.0 Å². The molecule has 0 bridgehead atoms. The van der Waals surface area contributed by atoms with Gasteiger partial charge in [0.25, 0.3) is 0 Å². The highest BCUT2D eigenvalue weighted by Crippen LogP contribution is 2.36. The largest absolute Gasteiger partial charge is 0.326 e. The third-order valence-corrected chi connectivity index (χ3v) is 7.35. The monoisotopic (exact) mass is 479 g/mol. The van der Waals surface area contributed by atoms with Crippen LogP contribution in [0.5, 0.6) is 0 Å². The first-order valence-corrected chi connectivity index (χ1v) is 12.6. The van der Waals surface area contributed by atoms with Crippen molar-refractivity contribution in [2.24, 2.45) is 0 Å². The first-order valence-electron chi connectivity index (χ1n) is 11.8. The fourth-order valence-corrected chi connectivity index (χ4v) is 5.60. The van der Waals surface area contributed by atoms with Crippen molar-refractivity contribution in [1.82, 2.24) is 14.5 Å². The van der Waals surface area contributed by atoms with E-state index in [4.69, 9.17) is 4.98 Å². The van der Waals surface area contributed by atoms with Gasteiger partial charge in [0.15, 0.2) is 0 Å². The minimum atomic E-state index is 0.486. The number of piperidine rings is 1. The Morgan fingerprint density at radius 1 is 0.935 bits per heavy atom.